The van der Waals surface area contributed by atoms with Gasteiger partial charge in [-0.05, 0) is 37.5 Å². The van der Waals surface area contributed by atoms with Gasteiger partial charge in [-0.1, -0.05) is 6.07 Å². The third kappa shape index (κ3) is 3.76. The first-order chi connectivity index (χ1) is 9.38. The predicted octanol–water partition coefficient (Wildman–Crippen LogP) is 2.74. The molecule has 2 heterocycles. The highest BCUT2D eigenvalue weighted by molar-refractivity contribution is 7.73. The van der Waals surface area contributed by atoms with E-state index in [1.54, 1.807) is 6.92 Å². The fourth-order valence-corrected chi connectivity index (χ4v) is 3.83. The molecule has 0 radical (unpaired) electrons. The van der Waals surface area contributed by atoms with Gasteiger partial charge in [0.25, 0.3) is 0 Å². The van der Waals surface area contributed by atoms with E-state index in [0.717, 1.165) is 15.4 Å². The first-order valence-corrected chi connectivity index (χ1v) is 8.20. The zero-order valence-corrected chi connectivity index (χ0v) is 13.7. The van der Waals surface area contributed by atoms with Crippen molar-refractivity contribution < 1.29 is 9.90 Å². The van der Waals surface area contributed by atoms with Crippen LogP contribution in [0.15, 0.2) is 17.5 Å². The van der Waals surface area contributed by atoms with Crippen LogP contribution in [0.1, 0.15) is 22.4 Å². The van der Waals surface area contributed by atoms with Gasteiger partial charge in [-0.3, -0.25) is 4.79 Å². The number of aryl methyl sites for hydroxylation is 1. The highest BCUT2D eigenvalue weighted by Crippen LogP contribution is 2.24. The Labute approximate surface area is 130 Å². The molecule has 1 unspecified atom stereocenters. The molecule has 1 amide bonds. The van der Waals surface area contributed by atoms with Crippen molar-refractivity contribution in [2.24, 2.45) is 0 Å². The van der Waals surface area contributed by atoms with Crippen molar-refractivity contribution in [3.8, 4) is 0 Å². The largest absolute Gasteiger partial charge is 0.383 e. The number of hydrogen-bond acceptors (Lipinski definition) is 5. The number of thiazole rings is 1. The van der Waals surface area contributed by atoms with E-state index < -0.39 is 5.60 Å². The first-order valence-electron chi connectivity index (χ1n) is 6.10. The van der Waals surface area contributed by atoms with E-state index in [0.29, 0.717) is 3.95 Å². The minimum absolute atomic E-state index is 0.116. The topological polar surface area (TPSA) is 65.1 Å². The van der Waals surface area contributed by atoms with Crippen molar-refractivity contribution in [3.05, 3.63) is 36.9 Å². The van der Waals surface area contributed by atoms with E-state index in [1.165, 1.54) is 22.7 Å². The van der Waals surface area contributed by atoms with E-state index >= 15 is 0 Å². The smallest absolute Gasteiger partial charge is 0.225 e. The molecule has 7 heteroatoms. The molecule has 0 saturated carbocycles. The molecule has 0 fully saturated rings. The molecule has 0 aliphatic rings. The number of H-pyrrole nitrogens is 1. The van der Waals surface area contributed by atoms with Gasteiger partial charge in [-0.15, -0.1) is 22.7 Å². The summed E-state index contributed by atoms with van der Waals surface area (Å²) in [6, 6.07) is 3.74. The second-order valence-electron chi connectivity index (χ2n) is 4.77. The van der Waals surface area contributed by atoms with Gasteiger partial charge >= 0.3 is 0 Å². The molecular formula is C13H16N2O2S3. The highest BCUT2D eigenvalue weighted by Gasteiger charge is 2.24. The Morgan fingerprint density at radius 1 is 1.60 bits per heavy atom. The third-order valence-corrected chi connectivity index (χ3v) is 5.39. The lowest BCUT2D eigenvalue weighted by molar-refractivity contribution is -0.121. The normalized spacial score (nSPS) is 13.9. The average molecular weight is 328 g/mol. The maximum absolute atomic E-state index is 11.9. The molecule has 0 aromatic carbocycles. The highest BCUT2D eigenvalue weighted by atomic mass is 32.1. The van der Waals surface area contributed by atoms with Crippen molar-refractivity contribution in [3.63, 3.8) is 0 Å². The summed E-state index contributed by atoms with van der Waals surface area (Å²) in [7, 11) is 0. The lowest BCUT2D eigenvalue weighted by atomic mass is 10.1. The van der Waals surface area contributed by atoms with Crippen molar-refractivity contribution >= 4 is 40.8 Å². The second-order valence-corrected chi connectivity index (χ2v) is 7.49. The molecule has 3 N–H and O–H groups in total. The molecule has 2 aromatic heterocycles. The number of thiophene rings is 1. The van der Waals surface area contributed by atoms with Crippen LogP contribution in [-0.4, -0.2) is 22.5 Å². The summed E-state index contributed by atoms with van der Waals surface area (Å²) in [6.07, 6.45) is 0.282. The second kappa shape index (κ2) is 6.17. The standard InChI is InChI=1S/C13H16N2O2S3/c1-8-9(20-12(18)15-8)6-11(16)14-7-13(2,17)10-4-3-5-19-10/h3-5,17H,6-7H2,1-2H3,(H,14,16)(H,15,18). The van der Waals surface area contributed by atoms with Crippen LogP contribution >= 0.6 is 34.9 Å². The van der Waals surface area contributed by atoms with Crippen LogP contribution in [-0.2, 0) is 16.8 Å². The van der Waals surface area contributed by atoms with Crippen LogP contribution in [0.5, 0.6) is 0 Å². The third-order valence-electron chi connectivity index (χ3n) is 2.93. The minimum atomic E-state index is -1.04. The zero-order valence-electron chi connectivity index (χ0n) is 11.2. The molecule has 1 atom stereocenters. The number of carbonyl (C=O) groups excluding carboxylic acids is 1. The maximum Gasteiger partial charge on any atom is 0.225 e. The number of carbonyl (C=O) groups is 1. The van der Waals surface area contributed by atoms with Gasteiger partial charge in [-0.2, -0.15) is 0 Å². The maximum atomic E-state index is 11.9. The summed E-state index contributed by atoms with van der Waals surface area (Å²) in [5, 5.41) is 15.0. The van der Waals surface area contributed by atoms with E-state index in [9.17, 15) is 9.90 Å². The van der Waals surface area contributed by atoms with Crippen molar-refractivity contribution in [1.82, 2.24) is 10.3 Å². The summed E-state index contributed by atoms with van der Waals surface area (Å²) in [6.45, 7) is 3.79. The number of nitrogens with one attached hydrogen (secondary N) is 2. The Bertz CT molecular complexity index is 641. The SMILES string of the molecule is Cc1[nH]c(=S)sc1CC(=O)NCC(C)(O)c1cccs1. The molecule has 20 heavy (non-hydrogen) atoms. The Morgan fingerprint density at radius 2 is 2.35 bits per heavy atom. The van der Waals surface area contributed by atoms with Crippen molar-refractivity contribution in [1.29, 1.82) is 0 Å². The summed E-state index contributed by atoms with van der Waals surface area (Å²) in [5.41, 5.74) is -0.107. The summed E-state index contributed by atoms with van der Waals surface area (Å²) in [5.74, 6) is -0.116. The van der Waals surface area contributed by atoms with Crippen LogP contribution in [0.3, 0.4) is 0 Å². The molecule has 0 bridgehead atoms. The number of aromatic nitrogens is 1. The van der Waals surface area contributed by atoms with Gasteiger partial charge in [-0.25, -0.2) is 0 Å². The minimum Gasteiger partial charge on any atom is -0.383 e. The van der Waals surface area contributed by atoms with Crippen LogP contribution in [0.2, 0.25) is 0 Å². The Morgan fingerprint density at radius 3 is 2.90 bits per heavy atom. The zero-order chi connectivity index (χ0) is 14.8. The van der Waals surface area contributed by atoms with Gasteiger partial charge in [0, 0.05) is 15.4 Å². The molecule has 0 spiro atoms. The van der Waals surface area contributed by atoms with Crippen LogP contribution < -0.4 is 5.32 Å². The van der Waals surface area contributed by atoms with E-state index in [2.05, 4.69) is 10.3 Å². The van der Waals surface area contributed by atoms with Crippen molar-refractivity contribution in [2.45, 2.75) is 25.9 Å². The van der Waals surface area contributed by atoms with Crippen LogP contribution in [0.25, 0.3) is 0 Å². The summed E-state index contributed by atoms with van der Waals surface area (Å²) >= 11 is 7.93. The fraction of sp³-hybridized carbons (Fsp3) is 0.385. The summed E-state index contributed by atoms with van der Waals surface area (Å²) in [4.78, 5) is 16.7. The van der Waals surface area contributed by atoms with E-state index in [4.69, 9.17) is 12.2 Å². The Kier molecular flexibility index (Phi) is 4.74. The lowest BCUT2D eigenvalue weighted by Crippen LogP contribution is -2.38. The van der Waals surface area contributed by atoms with Gasteiger partial charge < -0.3 is 15.4 Å². The average Bonchev–Trinajstić information content (AvgIpc) is 2.98. The predicted molar refractivity (Wildman–Crippen MR) is 84.8 cm³/mol. The molecule has 0 aliphatic carbocycles. The molecule has 2 aromatic rings. The monoisotopic (exact) mass is 328 g/mol. The van der Waals surface area contributed by atoms with E-state index in [-0.39, 0.29) is 18.9 Å². The fourth-order valence-electron chi connectivity index (χ4n) is 1.76. The van der Waals surface area contributed by atoms with Gasteiger partial charge in [0.2, 0.25) is 5.91 Å². The Hall–Kier alpha value is -1.02. The number of rotatable bonds is 5. The lowest BCUT2D eigenvalue weighted by Gasteiger charge is -2.22. The van der Waals surface area contributed by atoms with Gasteiger partial charge in [0.1, 0.15) is 5.60 Å². The molecule has 0 aliphatic heterocycles. The number of aliphatic hydroxyl groups is 1. The molecular weight excluding hydrogens is 312 g/mol. The van der Waals surface area contributed by atoms with Gasteiger partial charge in [0.15, 0.2) is 3.95 Å². The number of hydrogen-bond donors (Lipinski definition) is 3. The number of aromatic amines is 1. The van der Waals surface area contributed by atoms with Crippen LogP contribution in [0.4, 0.5) is 0 Å². The molecule has 108 valence electrons. The molecule has 0 saturated heterocycles. The quantitative estimate of drug-likeness (QED) is 0.740. The van der Waals surface area contributed by atoms with Crippen LogP contribution in [0, 0.1) is 10.9 Å². The first kappa shape index (κ1) is 15.4. The molecule has 4 nitrogen and oxygen atoms in total. The Balaban J connectivity index is 1.93. The number of amides is 1. The molecule has 2 rings (SSSR count). The van der Waals surface area contributed by atoms with E-state index in [1.807, 2.05) is 24.4 Å². The van der Waals surface area contributed by atoms with Crippen molar-refractivity contribution in [2.75, 3.05) is 6.54 Å². The summed E-state index contributed by atoms with van der Waals surface area (Å²) < 4.78 is 0.677. The van der Waals surface area contributed by atoms with Gasteiger partial charge in [0.05, 0.1) is 13.0 Å².